The minimum Gasteiger partial charge on any atom is -0.350 e. The van der Waals surface area contributed by atoms with Crippen LogP contribution < -0.4 is 5.32 Å². The molecule has 2 aliphatic heterocycles. The third-order valence-electron chi connectivity index (χ3n) is 5.23. The summed E-state index contributed by atoms with van der Waals surface area (Å²) in [6.45, 7) is 0.842. The Hall–Kier alpha value is -3.15. The highest BCUT2D eigenvalue weighted by Gasteiger charge is 2.49. The molecule has 4 amide bonds. The van der Waals surface area contributed by atoms with Crippen LogP contribution in [0, 0.1) is 0 Å². The van der Waals surface area contributed by atoms with E-state index in [4.69, 9.17) is 0 Å². The van der Waals surface area contributed by atoms with E-state index < -0.39 is 6.04 Å². The lowest BCUT2D eigenvalue weighted by Gasteiger charge is -2.29. The first-order valence-electron chi connectivity index (χ1n) is 9.16. The number of benzene rings is 2. The molecule has 0 aliphatic carbocycles. The number of amides is 4. The van der Waals surface area contributed by atoms with Gasteiger partial charge in [-0.05, 0) is 30.5 Å². The highest BCUT2D eigenvalue weighted by molar-refractivity contribution is 6.06. The third kappa shape index (κ3) is 3.30. The lowest BCUT2D eigenvalue weighted by molar-refractivity contribution is -0.126. The van der Waals surface area contributed by atoms with E-state index in [-0.39, 0.29) is 23.9 Å². The SMILES string of the molecule is O=C(NCc1ccccc1)C1CCC2CN1C(=O)N2C(=O)c1ccccc1. The summed E-state index contributed by atoms with van der Waals surface area (Å²) >= 11 is 0. The number of carbonyl (C=O) groups excluding carboxylic acids is 3. The zero-order chi connectivity index (χ0) is 18.8. The highest BCUT2D eigenvalue weighted by Crippen LogP contribution is 2.31. The number of urea groups is 1. The van der Waals surface area contributed by atoms with Crippen molar-refractivity contribution in [3.8, 4) is 0 Å². The van der Waals surface area contributed by atoms with E-state index >= 15 is 0 Å². The maximum atomic E-state index is 12.8. The van der Waals surface area contributed by atoms with Crippen LogP contribution in [-0.4, -0.2) is 46.3 Å². The molecule has 2 aromatic carbocycles. The summed E-state index contributed by atoms with van der Waals surface area (Å²) in [7, 11) is 0. The van der Waals surface area contributed by atoms with E-state index in [2.05, 4.69) is 5.32 Å². The number of nitrogens with zero attached hydrogens (tertiary/aromatic N) is 2. The number of imide groups is 1. The molecule has 0 aromatic heterocycles. The molecule has 0 radical (unpaired) electrons. The largest absolute Gasteiger partial charge is 0.350 e. The second-order valence-electron chi connectivity index (χ2n) is 6.93. The van der Waals surface area contributed by atoms with Gasteiger partial charge in [0.1, 0.15) is 6.04 Å². The quantitative estimate of drug-likeness (QED) is 0.907. The van der Waals surface area contributed by atoms with Crippen molar-refractivity contribution in [2.75, 3.05) is 6.54 Å². The lowest BCUT2D eigenvalue weighted by Crippen LogP contribution is -2.49. The average molecular weight is 363 g/mol. The van der Waals surface area contributed by atoms with Crippen LogP contribution in [0.3, 0.4) is 0 Å². The minimum absolute atomic E-state index is 0.164. The van der Waals surface area contributed by atoms with Crippen molar-refractivity contribution in [3.63, 3.8) is 0 Å². The van der Waals surface area contributed by atoms with Crippen LogP contribution in [0.4, 0.5) is 4.79 Å². The van der Waals surface area contributed by atoms with Crippen molar-refractivity contribution in [3.05, 3.63) is 71.8 Å². The minimum atomic E-state index is -0.522. The molecule has 2 fully saturated rings. The maximum absolute atomic E-state index is 12.8. The summed E-state index contributed by atoms with van der Waals surface area (Å²) in [5.74, 6) is -0.460. The van der Waals surface area contributed by atoms with Gasteiger partial charge in [0.05, 0.1) is 6.04 Å². The zero-order valence-electron chi connectivity index (χ0n) is 14.9. The normalized spacial score (nSPS) is 21.3. The number of carbonyl (C=O) groups is 3. The molecule has 138 valence electrons. The molecule has 27 heavy (non-hydrogen) atoms. The van der Waals surface area contributed by atoms with Gasteiger partial charge in [0, 0.05) is 18.7 Å². The summed E-state index contributed by atoms with van der Waals surface area (Å²) in [5, 5.41) is 2.91. The molecule has 6 heteroatoms. The molecular formula is C21H21N3O3. The van der Waals surface area contributed by atoms with Crippen molar-refractivity contribution in [1.29, 1.82) is 0 Å². The summed E-state index contributed by atoms with van der Waals surface area (Å²) < 4.78 is 0. The van der Waals surface area contributed by atoms with Gasteiger partial charge in [-0.2, -0.15) is 0 Å². The highest BCUT2D eigenvalue weighted by atomic mass is 16.2. The van der Waals surface area contributed by atoms with Crippen LogP contribution in [0.15, 0.2) is 60.7 Å². The van der Waals surface area contributed by atoms with Gasteiger partial charge in [-0.3, -0.25) is 14.5 Å². The van der Waals surface area contributed by atoms with E-state index in [1.54, 1.807) is 24.3 Å². The molecule has 2 unspecified atom stereocenters. The molecule has 2 aromatic rings. The monoisotopic (exact) mass is 363 g/mol. The molecule has 2 saturated heterocycles. The molecule has 2 aliphatic rings. The first kappa shape index (κ1) is 17.3. The second kappa shape index (κ2) is 7.23. The van der Waals surface area contributed by atoms with E-state index in [1.807, 2.05) is 36.4 Å². The predicted octanol–water partition coefficient (Wildman–Crippen LogP) is 2.41. The number of piperidine rings is 1. The van der Waals surface area contributed by atoms with E-state index in [0.29, 0.717) is 31.5 Å². The molecule has 4 rings (SSSR count). The van der Waals surface area contributed by atoms with Crippen LogP contribution >= 0.6 is 0 Å². The predicted molar refractivity (Wildman–Crippen MR) is 99.8 cm³/mol. The van der Waals surface area contributed by atoms with Crippen molar-refractivity contribution >= 4 is 17.8 Å². The van der Waals surface area contributed by atoms with Crippen LogP contribution in [-0.2, 0) is 11.3 Å². The molecule has 6 nitrogen and oxygen atoms in total. The van der Waals surface area contributed by atoms with Gasteiger partial charge in [-0.1, -0.05) is 48.5 Å². The average Bonchev–Trinajstić information content (AvgIpc) is 2.97. The fourth-order valence-corrected chi connectivity index (χ4v) is 3.82. The number of nitrogens with one attached hydrogen (secondary N) is 1. The first-order valence-corrected chi connectivity index (χ1v) is 9.16. The summed E-state index contributed by atoms with van der Waals surface area (Å²) in [6.07, 6.45) is 1.21. The van der Waals surface area contributed by atoms with Gasteiger partial charge >= 0.3 is 6.03 Å². The van der Waals surface area contributed by atoms with Crippen molar-refractivity contribution < 1.29 is 14.4 Å². The molecule has 0 spiro atoms. The van der Waals surface area contributed by atoms with Gasteiger partial charge in [0.25, 0.3) is 5.91 Å². The molecule has 1 N–H and O–H groups in total. The van der Waals surface area contributed by atoms with Crippen LogP contribution in [0.2, 0.25) is 0 Å². The van der Waals surface area contributed by atoms with Crippen LogP contribution in [0.25, 0.3) is 0 Å². The third-order valence-corrected chi connectivity index (χ3v) is 5.23. The zero-order valence-corrected chi connectivity index (χ0v) is 14.9. The fraction of sp³-hybridized carbons (Fsp3) is 0.286. The summed E-state index contributed by atoms with van der Waals surface area (Å²) in [5.41, 5.74) is 1.50. The first-order chi connectivity index (χ1) is 13.1. The van der Waals surface area contributed by atoms with Crippen molar-refractivity contribution in [2.45, 2.75) is 31.5 Å². The fourth-order valence-electron chi connectivity index (χ4n) is 3.82. The smallest absolute Gasteiger partial charge is 0.328 e. The Morgan fingerprint density at radius 3 is 2.33 bits per heavy atom. The molecular weight excluding hydrogens is 342 g/mol. The Morgan fingerprint density at radius 2 is 1.63 bits per heavy atom. The van der Waals surface area contributed by atoms with Gasteiger partial charge in [0.2, 0.25) is 5.91 Å². The van der Waals surface area contributed by atoms with Gasteiger partial charge < -0.3 is 10.2 Å². The Morgan fingerprint density at radius 1 is 0.963 bits per heavy atom. The molecule has 2 bridgehead atoms. The second-order valence-corrected chi connectivity index (χ2v) is 6.93. The standard InChI is InChI=1S/C21H21N3O3/c25-19(22-13-15-7-3-1-4-8-15)18-12-11-17-14-23(18)21(27)24(17)20(26)16-9-5-2-6-10-16/h1-10,17-18H,11-14H2,(H,22,25). The van der Waals surface area contributed by atoms with Gasteiger partial charge in [-0.25, -0.2) is 4.79 Å². The van der Waals surface area contributed by atoms with Crippen molar-refractivity contribution in [2.24, 2.45) is 0 Å². The maximum Gasteiger partial charge on any atom is 0.328 e. The Labute approximate surface area is 157 Å². The van der Waals surface area contributed by atoms with Crippen molar-refractivity contribution in [1.82, 2.24) is 15.1 Å². The number of hydrogen-bond donors (Lipinski definition) is 1. The molecule has 2 atom stereocenters. The van der Waals surface area contributed by atoms with Gasteiger partial charge in [0.15, 0.2) is 0 Å². The summed E-state index contributed by atoms with van der Waals surface area (Å²) in [4.78, 5) is 41.1. The number of hydrogen-bond acceptors (Lipinski definition) is 3. The van der Waals surface area contributed by atoms with Gasteiger partial charge in [-0.15, -0.1) is 0 Å². The summed E-state index contributed by atoms with van der Waals surface area (Å²) in [6, 6.07) is 17.4. The lowest BCUT2D eigenvalue weighted by atomic mass is 9.99. The van der Waals surface area contributed by atoms with E-state index in [0.717, 1.165) is 5.56 Å². The van der Waals surface area contributed by atoms with E-state index in [9.17, 15) is 14.4 Å². The molecule has 0 saturated carbocycles. The molecule has 2 heterocycles. The topological polar surface area (TPSA) is 69.7 Å². The Kier molecular flexibility index (Phi) is 4.62. The van der Waals surface area contributed by atoms with Crippen LogP contribution in [0.1, 0.15) is 28.8 Å². The Balaban J connectivity index is 1.44. The number of rotatable bonds is 4. The van der Waals surface area contributed by atoms with Crippen LogP contribution in [0.5, 0.6) is 0 Å². The Bertz CT molecular complexity index is 853. The van der Waals surface area contributed by atoms with E-state index in [1.165, 1.54) is 9.80 Å². The number of fused-ring (bicyclic) bond motifs is 2.